The minimum Gasteiger partial charge on any atom is -0.497 e. The van der Waals surface area contributed by atoms with Crippen molar-refractivity contribution in [2.75, 3.05) is 25.2 Å². The number of aromatic nitrogens is 2. The molecule has 13 nitrogen and oxygen atoms in total. The Bertz CT molecular complexity index is 2100. The van der Waals surface area contributed by atoms with E-state index in [9.17, 15) is 45.9 Å². The van der Waals surface area contributed by atoms with Crippen LogP contribution >= 0.6 is 0 Å². The molecule has 0 bridgehead atoms. The summed E-state index contributed by atoms with van der Waals surface area (Å²) in [6, 6.07) is 11.4. The fourth-order valence-corrected chi connectivity index (χ4v) is 5.77. The van der Waals surface area contributed by atoms with E-state index in [4.69, 9.17) is 4.74 Å². The summed E-state index contributed by atoms with van der Waals surface area (Å²) < 4.78 is 87.3. The van der Waals surface area contributed by atoms with Crippen molar-refractivity contribution in [1.29, 1.82) is 0 Å². The number of benzene rings is 3. The van der Waals surface area contributed by atoms with E-state index >= 15 is 4.39 Å². The van der Waals surface area contributed by atoms with Crippen molar-refractivity contribution >= 4 is 39.2 Å². The van der Waals surface area contributed by atoms with Crippen LogP contribution in [-0.2, 0) is 25.6 Å². The van der Waals surface area contributed by atoms with Gasteiger partial charge < -0.3 is 25.8 Å². The Morgan fingerprint density at radius 1 is 1.00 bits per heavy atom. The maximum absolute atomic E-state index is 15.4. The standard InChI is InChI=1S/C33H31F4N5O8S/c1-4-13-38-31(46)24(16-29(43)44)40-30(45)21-15-19(50-2)10-12-25(21)42-26(17-28(41-42)33(35,36)37)32(47)39-23-11-9-18(14-22(23)34)20-7-5-6-8-27(20)51(3,48)49/h5-12,14-15,17,24H,4,13,16H2,1-3H3,(H,38,46)(H,39,47)(H,40,45)(H,43,44)/t24-/m0/s1. The number of ether oxygens (including phenoxy) is 1. The molecular weight excluding hydrogens is 702 g/mol. The van der Waals surface area contributed by atoms with Crippen molar-refractivity contribution in [3.63, 3.8) is 0 Å². The van der Waals surface area contributed by atoms with Gasteiger partial charge in [-0.05, 0) is 48.4 Å². The summed E-state index contributed by atoms with van der Waals surface area (Å²) in [5.41, 5.74) is -3.40. The Morgan fingerprint density at radius 2 is 1.71 bits per heavy atom. The first-order valence-corrected chi connectivity index (χ1v) is 16.9. The lowest BCUT2D eigenvalue weighted by atomic mass is 10.0. The molecule has 4 aromatic rings. The third kappa shape index (κ3) is 9.07. The Balaban J connectivity index is 1.76. The lowest BCUT2D eigenvalue weighted by Crippen LogP contribution is -2.48. The summed E-state index contributed by atoms with van der Waals surface area (Å²) in [4.78, 5) is 51.1. The number of halogens is 4. The van der Waals surface area contributed by atoms with Crippen LogP contribution in [0.2, 0.25) is 0 Å². The molecule has 0 fully saturated rings. The maximum Gasteiger partial charge on any atom is 0.435 e. The molecule has 0 radical (unpaired) electrons. The highest BCUT2D eigenvalue weighted by Crippen LogP contribution is 2.33. The predicted octanol–water partition coefficient (Wildman–Crippen LogP) is 4.46. The lowest BCUT2D eigenvalue weighted by molar-refractivity contribution is -0.141. The fourth-order valence-electron chi connectivity index (χ4n) is 4.86. The predicted molar refractivity (Wildman–Crippen MR) is 175 cm³/mol. The number of rotatable bonds is 13. The van der Waals surface area contributed by atoms with Gasteiger partial charge in [-0.15, -0.1) is 0 Å². The van der Waals surface area contributed by atoms with Crippen molar-refractivity contribution in [3.8, 4) is 22.6 Å². The van der Waals surface area contributed by atoms with Crippen LogP contribution in [0.5, 0.6) is 5.75 Å². The number of nitrogens with one attached hydrogen (secondary N) is 3. The summed E-state index contributed by atoms with van der Waals surface area (Å²) in [7, 11) is -2.48. The molecule has 1 heterocycles. The van der Waals surface area contributed by atoms with E-state index in [-0.39, 0.29) is 28.3 Å². The van der Waals surface area contributed by atoms with Gasteiger partial charge >= 0.3 is 12.1 Å². The summed E-state index contributed by atoms with van der Waals surface area (Å²) in [6.07, 6.45) is -4.44. The number of amides is 3. The zero-order valence-corrected chi connectivity index (χ0v) is 28.0. The molecule has 18 heteroatoms. The van der Waals surface area contributed by atoms with Crippen molar-refractivity contribution in [2.24, 2.45) is 0 Å². The topological polar surface area (TPSA) is 186 Å². The smallest absolute Gasteiger partial charge is 0.435 e. The average molecular weight is 734 g/mol. The van der Waals surface area contributed by atoms with Gasteiger partial charge in [0.15, 0.2) is 15.5 Å². The van der Waals surface area contributed by atoms with E-state index in [1.165, 1.54) is 43.5 Å². The van der Waals surface area contributed by atoms with Gasteiger partial charge in [0.2, 0.25) is 5.91 Å². The molecule has 51 heavy (non-hydrogen) atoms. The minimum atomic E-state index is -5.08. The van der Waals surface area contributed by atoms with Crippen molar-refractivity contribution in [2.45, 2.75) is 36.9 Å². The molecule has 4 N–H and O–H groups in total. The summed E-state index contributed by atoms with van der Waals surface area (Å²) in [5.74, 6) is -5.69. The van der Waals surface area contributed by atoms with E-state index in [0.717, 1.165) is 30.5 Å². The molecule has 0 spiro atoms. The van der Waals surface area contributed by atoms with E-state index in [1.54, 1.807) is 6.92 Å². The molecule has 4 rings (SSSR count). The summed E-state index contributed by atoms with van der Waals surface area (Å²) in [5, 5.41) is 19.7. The van der Waals surface area contributed by atoms with Crippen LogP contribution in [-0.4, -0.2) is 72.9 Å². The molecule has 0 unspecified atom stereocenters. The highest BCUT2D eigenvalue weighted by atomic mass is 32.2. The van der Waals surface area contributed by atoms with E-state index in [0.29, 0.717) is 17.2 Å². The SMILES string of the molecule is CCCNC(=O)[C@H](CC(=O)O)NC(=O)c1cc(OC)ccc1-n1nc(C(F)(F)F)cc1C(=O)Nc1ccc(-c2ccccc2S(C)(=O)=O)cc1F. The van der Waals surface area contributed by atoms with Crippen LogP contribution in [0, 0.1) is 5.82 Å². The highest BCUT2D eigenvalue weighted by molar-refractivity contribution is 7.90. The number of carbonyl (C=O) groups is 4. The number of hydrogen-bond donors (Lipinski definition) is 4. The van der Waals surface area contributed by atoms with E-state index in [1.807, 2.05) is 0 Å². The van der Waals surface area contributed by atoms with Gasteiger partial charge in [0.25, 0.3) is 11.8 Å². The third-order valence-corrected chi connectivity index (χ3v) is 8.43. The largest absolute Gasteiger partial charge is 0.497 e. The molecule has 270 valence electrons. The number of nitrogens with zero attached hydrogens (tertiary/aromatic N) is 2. The van der Waals surface area contributed by atoms with Crippen molar-refractivity contribution in [3.05, 3.63) is 89.5 Å². The highest BCUT2D eigenvalue weighted by Gasteiger charge is 2.37. The summed E-state index contributed by atoms with van der Waals surface area (Å²) >= 11 is 0. The number of carboxylic acid groups (broad SMARTS) is 1. The van der Waals surface area contributed by atoms with Gasteiger partial charge in [0.05, 0.1) is 35.4 Å². The summed E-state index contributed by atoms with van der Waals surface area (Å²) in [6.45, 7) is 1.91. The molecule has 3 aromatic carbocycles. The average Bonchev–Trinajstić information content (AvgIpc) is 3.53. The lowest BCUT2D eigenvalue weighted by Gasteiger charge is -2.19. The van der Waals surface area contributed by atoms with Gasteiger partial charge in [0.1, 0.15) is 23.3 Å². The van der Waals surface area contributed by atoms with Crippen molar-refractivity contribution < 1.29 is 55.0 Å². The Morgan fingerprint density at radius 3 is 2.31 bits per heavy atom. The van der Waals surface area contributed by atoms with Crippen LogP contribution < -0.4 is 20.7 Å². The second kappa shape index (κ2) is 15.4. The number of carbonyl (C=O) groups excluding carboxylic acids is 3. The van der Waals surface area contributed by atoms with Crippen LogP contribution in [0.1, 0.15) is 46.3 Å². The van der Waals surface area contributed by atoms with E-state index in [2.05, 4.69) is 21.0 Å². The molecule has 0 aliphatic carbocycles. The van der Waals surface area contributed by atoms with Crippen LogP contribution in [0.3, 0.4) is 0 Å². The molecule has 0 aliphatic rings. The fraction of sp³-hybridized carbons (Fsp3) is 0.242. The number of hydrogen-bond acceptors (Lipinski definition) is 8. The first-order chi connectivity index (χ1) is 23.9. The molecular formula is C33H31F4N5O8S. The number of carboxylic acids is 1. The molecule has 0 saturated carbocycles. The molecule has 0 aliphatic heterocycles. The second-order valence-corrected chi connectivity index (χ2v) is 13.0. The maximum atomic E-state index is 15.4. The second-order valence-electron chi connectivity index (χ2n) is 11.0. The monoisotopic (exact) mass is 733 g/mol. The van der Waals surface area contributed by atoms with E-state index < -0.39 is 86.3 Å². The first-order valence-electron chi connectivity index (χ1n) is 15.0. The van der Waals surface area contributed by atoms with Gasteiger partial charge in [-0.3, -0.25) is 19.2 Å². The zero-order valence-electron chi connectivity index (χ0n) is 27.2. The Kier molecular flexibility index (Phi) is 11.5. The van der Waals surface area contributed by atoms with Crippen LogP contribution in [0.15, 0.2) is 71.6 Å². The number of aliphatic carboxylic acids is 1. The molecule has 3 amide bonds. The van der Waals surface area contributed by atoms with Crippen LogP contribution in [0.4, 0.5) is 23.2 Å². The molecule has 1 aromatic heterocycles. The normalized spacial score (nSPS) is 12.1. The van der Waals surface area contributed by atoms with Gasteiger partial charge in [-0.2, -0.15) is 18.3 Å². The Hall–Kier alpha value is -5.78. The van der Waals surface area contributed by atoms with Crippen LogP contribution in [0.25, 0.3) is 16.8 Å². The first kappa shape index (κ1) is 38.0. The Labute approximate surface area is 288 Å². The van der Waals surface area contributed by atoms with Crippen molar-refractivity contribution in [1.82, 2.24) is 20.4 Å². The number of sulfone groups is 1. The number of methoxy groups -OCH3 is 1. The van der Waals surface area contributed by atoms with Gasteiger partial charge in [-0.1, -0.05) is 31.2 Å². The molecule has 1 atom stereocenters. The number of anilines is 1. The molecule has 0 saturated heterocycles. The zero-order chi connectivity index (χ0) is 37.7. The number of alkyl halides is 3. The quantitative estimate of drug-likeness (QED) is 0.144. The minimum absolute atomic E-state index is 0.0305. The van der Waals surface area contributed by atoms with Gasteiger partial charge in [0, 0.05) is 24.4 Å². The van der Waals surface area contributed by atoms with Gasteiger partial charge in [-0.25, -0.2) is 17.5 Å². The third-order valence-electron chi connectivity index (χ3n) is 7.27.